The Morgan fingerprint density at radius 2 is 2.00 bits per heavy atom. The Morgan fingerprint density at radius 3 is 2.65 bits per heavy atom. The van der Waals surface area contributed by atoms with E-state index in [1.807, 2.05) is 0 Å². The fourth-order valence-electron chi connectivity index (χ4n) is 1.61. The third-order valence-corrected chi connectivity index (χ3v) is 3.46. The predicted octanol–water partition coefficient (Wildman–Crippen LogP) is 3.94. The second-order valence-electron chi connectivity index (χ2n) is 4.01. The molecule has 0 heterocycles. The first kappa shape index (κ1) is 14.9. The van der Waals surface area contributed by atoms with Gasteiger partial charge in [-0.15, -0.1) is 0 Å². The molecule has 0 aliphatic heterocycles. The predicted molar refractivity (Wildman–Crippen MR) is 80.7 cm³/mol. The Balaban J connectivity index is 2.17. The molecule has 0 aliphatic rings. The third kappa shape index (κ3) is 3.32. The van der Waals surface area contributed by atoms with Gasteiger partial charge in [-0.25, -0.2) is 8.78 Å². The van der Waals surface area contributed by atoms with Crippen molar-refractivity contribution in [1.29, 1.82) is 0 Å². The van der Waals surface area contributed by atoms with Crippen LogP contribution in [0.1, 0.15) is 11.1 Å². The van der Waals surface area contributed by atoms with Gasteiger partial charge in [-0.05, 0) is 40.2 Å². The molecule has 0 amide bonds. The van der Waals surface area contributed by atoms with E-state index < -0.39 is 5.82 Å². The number of hydrogen-bond acceptors (Lipinski definition) is 2. The van der Waals surface area contributed by atoms with Gasteiger partial charge >= 0.3 is 0 Å². The van der Waals surface area contributed by atoms with Crippen LogP contribution in [0.4, 0.5) is 8.78 Å². The molecule has 0 radical (unpaired) electrons. The van der Waals surface area contributed by atoms with E-state index in [0.29, 0.717) is 11.3 Å². The van der Waals surface area contributed by atoms with E-state index in [0.717, 1.165) is 0 Å². The summed E-state index contributed by atoms with van der Waals surface area (Å²) in [7, 11) is 0. The first-order valence-electron chi connectivity index (χ1n) is 5.64. The maximum atomic E-state index is 14.1. The molecule has 2 aromatic rings. The number of ether oxygens (including phenoxy) is 1. The van der Waals surface area contributed by atoms with Crippen LogP contribution in [-0.2, 0) is 6.61 Å². The fourth-order valence-corrected chi connectivity index (χ4v) is 2.12. The number of halogens is 3. The molecule has 2 N–H and O–H groups in total. The van der Waals surface area contributed by atoms with Crippen molar-refractivity contribution in [3.8, 4) is 5.75 Å². The van der Waals surface area contributed by atoms with Crippen molar-refractivity contribution in [1.82, 2.24) is 0 Å². The van der Waals surface area contributed by atoms with Gasteiger partial charge in [0, 0.05) is 11.1 Å². The van der Waals surface area contributed by atoms with E-state index in [9.17, 15) is 8.78 Å². The van der Waals surface area contributed by atoms with Gasteiger partial charge in [0.2, 0.25) is 0 Å². The van der Waals surface area contributed by atoms with Crippen molar-refractivity contribution in [2.75, 3.05) is 0 Å². The summed E-state index contributed by atoms with van der Waals surface area (Å²) in [6, 6.07) is 8.95. The molecule has 2 rings (SSSR count). The van der Waals surface area contributed by atoms with Crippen LogP contribution in [0.2, 0.25) is 0 Å². The van der Waals surface area contributed by atoms with Crippen LogP contribution >= 0.6 is 28.1 Å². The second kappa shape index (κ2) is 6.28. The molecule has 20 heavy (non-hydrogen) atoms. The van der Waals surface area contributed by atoms with Crippen LogP contribution in [0.15, 0.2) is 40.9 Å². The first-order valence-corrected chi connectivity index (χ1v) is 6.84. The summed E-state index contributed by atoms with van der Waals surface area (Å²) in [5.41, 5.74) is 5.94. The molecule has 2 nitrogen and oxygen atoms in total. The van der Waals surface area contributed by atoms with Crippen LogP contribution in [0.3, 0.4) is 0 Å². The highest BCUT2D eigenvalue weighted by molar-refractivity contribution is 9.10. The molecule has 104 valence electrons. The SMILES string of the molecule is NC(=S)c1cccc(COc2ccc(F)c(Br)c2)c1F. The topological polar surface area (TPSA) is 35.2 Å². The van der Waals surface area contributed by atoms with E-state index in [1.165, 1.54) is 24.3 Å². The lowest BCUT2D eigenvalue weighted by Crippen LogP contribution is -2.13. The minimum atomic E-state index is -0.499. The highest BCUT2D eigenvalue weighted by atomic mass is 79.9. The standard InChI is InChI=1S/C14H10BrF2NOS/c15-11-6-9(4-5-12(11)16)19-7-8-2-1-3-10(13(8)17)14(18)20/h1-6H,7H2,(H2,18,20). The summed E-state index contributed by atoms with van der Waals surface area (Å²) in [6.07, 6.45) is 0. The zero-order chi connectivity index (χ0) is 14.7. The molecule has 0 aromatic heterocycles. The van der Waals surface area contributed by atoms with Crippen LogP contribution in [0.25, 0.3) is 0 Å². The molecule has 0 unspecified atom stereocenters. The summed E-state index contributed by atoms with van der Waals surface area (Å²) in [5, 5.41) is 0. The Hall–Kier alpha value is -1.53. The molecule has 0 saturated heterocycles. The maximum Gasteiger partial charge on any atom is 0.139 e. The lowest BCUT2D eigenvalue weighted by atomic mass is 10.1. The van der Waals surface area contributed by atoms with E-state index in [2.05, 4.69) is 15.9 Å². The van der Waals surface area contributed by atoms with Gasteiger partial charge in [0.05, 0.1) is 4.47 Å². The average molecular weight is 358 g/mol. The van der Waals surface area contributed by atoms with Gasteiger partial charge < -0.3 is 10.5 Å². The summed E-state index contributed by atoms with van der Waals surface area (Å²) < 4.78 is 32.8. The number of hydrogen-bond donors (Lipinski definition) is 1. The lowest BCUT2D eigenvalue weighted by Gasteiger charge is -2.10. The van der Waals surface area contributed by atoms with Crippen molar-refractivity contribution in [2.45, 2.75) is 6.61 Å². The maximum absolute atomic E-state index is 14.1. The highest BCUT2D eigenvalue weighted by Gasteiger charge is 2.10. The van der Waals surface area contributed by atoms with Crippen molar-refractivity contribution < 1.29 is 13.5 Å². The quantitative estimate of drug-likeness (QED) is 0.841. The summed E-state index contributed by atoms with van der Waals surface area (Å²) in [4.78, 5) is -0.00567. The van der Waals surface area contributed by atoms with Gasteiger partial charge in [-0.3, -0.25) is 0 Å². The molecule has 0 fully saturated rings. The number of rotatable bonds is 4. The molecular weight excluding hydrogens is 348 g/mol. The zero-order valence-corrected chi connectivity index (χ0v) is 12.6. The molecule has 0 atom stereocenters. The minimum Gasteiger partial charge on any atom is -0.489 e. The Kier molecular flexibility index (Phi) is 4.67. The van der Waals surface area contributed by atoms with Gasteiger partial charge in [0.1, 0.15) is 29.0 Å². The van der Waals surface area contributed by atoms with E-state index >= 15 is 0 Å². The van der Waals surface area contributed by atoms with Gasteiger partial charge in [0.15, 0.2) is 0 Å². The van der Waals surface area contributed by atoms with E-state index in [1.54, 1.807) is 12.1 Å². The lowest BCUT2D eigenvalue weighted by molar-refractivity contribution is 0.299. The third-order valence-electron chi connectivity index (χ3n) is 2.63. The molecule has 2 aromatic carbocycles. The van der Waals surface area contributed by atoms with E-state index in [4.69, 9.17) is 22.7 Å². The van der Waals surface area contributed by atoms with E-state index in [-0.39, 0.29) is 27.4 Å². The molecule has 0 bridgehead atoms. The van der Waals surface area contributed by atoms with Gasteiger partial charge in [0.25, 0.3) is 0 Å². The molecule has 6 heteroatoms. The van der Waals surface area contributed by atoms with Crippen molar-refractivity contribution >= 4 is 33.1 Å². The summed E-state index contributed by atoms with van der Waals surface area (Å²) >= 11 is 7.82. The van der Waals surface area contributed by atoms with Crippen molar-refractivity contribution in [2.24, 2.45) is 5.73 Å². The fraction of sp³-hybridized carbons (Fsp3) is 0.0714. The van der Waals surface area contributed by atoms with Crippen LogP contribution in [-0.4, -0.2) is 4.99 Å². The highest BCUT2D eigenvalue weighted by Crippen LogP contribution is 2.23. The zero-order valence-electron chi connectivity index (χ0n) is 10.2. The summed E-state index contributed by atoms with van der Waals surface area (Å²) in [5.74, 6) is -0.460. The van der Waals surface area contributed by atoms with Crippen LogP contribution in [0, 0.1) is 11.6 Å². The molecule has 0 aliphatic carbocycles. The monoisotopic (exact) mass is 357 g/mol. The first-order chi connectivity index (χ1) is 9.49. The van der Waals surface area contributed by atoms with Crippen LogP contribution in [0.5, 0.6) is 5.75 Å². The summed E-state index contributed by atoms with van der Waals surface area (Å²) in [6.45, 7) is 0.000356. The van der Waals surface area contributed by atoms with Crippen LogP contribution < -0.4 is 10.5 Å². The van der Waals surface area contributed by atoms with Crippen molar-refractivity contribution in [3.05, 3.63) is 63.6 Å². The minimum absolute atomic E-state index is 0.000356. The number of thiocarbonyl (C=S) groups is 1. The second-order valence-corrected chi connectivity index (χ2v) is 5.30. The molecule has 0 saturated carbocycles. The Morgan fingerprint density at radius 1 is 1.25 bits per heavy atom. The molecular formula is C14H10BrF2NOS. The number of nitrogens with two attached hydrogens (primary N) is 1. The average Bonchev–Trinajstić information content (AvgIpc) is 2.41. The Labute approximate surface area is 128 Å². The molecule has 0 spiro atoms. The van der Waals surface area contributed by atoms with Crippen molar-refractivity contribution in [3.63, 3.8) is 0 Å². The normalized spacial score (nSPS) is 10.3. The van der Waals surface area contributed by atoms with Gasteiger partial charge in [-0.2, -0.15) is 0 Å². The largest absolute Gasteiger partial charge is 0.489 e. The Bertz CT molecular complexity index is 664. The smallest absolute Gasteiger partial charge is 0.139 e. The number of benzene rings is 2. The van der Waals surface area contributed by atoms with Gasteiger partial charge in [-0.1, -0.05) is 24.4 Å².